The van der Waals surface area contributed by atoms with E-state index < -0.39 is 0 Å². The van der Waals surface area contributed by atoms with Crippen LogP contribution in [0.2, 0.25) is 10.0 Å². The molecule has 0 aliphatic rings. The molecule has 1 aromatic heterocycles. The predicted octanol–water partition coefficient (Wildman–Crippen LogP) is 3.86. The normalized spacial score (nSPS) is 10.7. The zero-order valence-corrected chi connectivity index (χ0v) is 17.1. The van der Waals surface area contributed by atoms with Gasteiger partial charge in [-0.1, -0.05) is 35.0 Å². The Labute approximate surface area is 175 Å². The Morgan fingerprint density at radius 3 is 2.50 bits per heavy atom. The lowest BCUT2D eigenvalue weighted by atomic mass is 10.1. The minimum Gasteiger partial charge on any atom is -0.497 e. The first-order chi connectivity index (χ1) is 13.5. The molecule has 3 aromatic rings. The van der Waals surface area contributed by atoms with E-state index in [1.54, 1.807) is 43.5 Å². The summed E-state index contributed by atoms with van der Waals surface area (Å²) in [6, 6.07) is 11.9. The Morgan fingerprint density at radius 1 is 1.11 bits per heavy atom. The molecule has 0 saturated carbocycles. The minimum absolute atomic E-state index is 0.123. The molecule has 2 aromatic carbocycles. The quantitative estimate of drug-likeness (QED) is 0.324. The lowest BCUT2D eigenvalue weighted by molar-refractivity contribution is 0.102. The summed E-state index contributed by atoms with van der Waals surface area (Å²) < 4.78 is 12.0. The van der Waals surface area contributed by atoms with E-state index in [0.29, 0.717) is 32.3 Å². The minimum atomic E-state index is -0.123. The topological polar surface area (TPSA) is 92.3 Å². The fourth-order valence-corrected chi connectivity index (χ4v) is 3.27. The van der Waals surface area contributed by atoms with E-state index in [2.05, 4.69) is 10.2 Å². The summed E-state index contributed by atoms with van der Waals surface area (Å²) >= 11 is 13.0. The van der Waals surface area contributed by atoms with Crippen LogP contribution in [-0.2, 0) is 6.61 Å². The van der Waals surface area contributed by atoms with E-state index in [1.165, 1.54) is 22.5 Å². The molecule has 0 atom stereocenters. The van der Waals surface area contributed by atoms with Gasteiger partial charge in [-0.3, -0.25) is 4.79 Å². The summed E-state index contributed by atoms with van der Waals surface area (Å²) in [7, 11) is 1.60. The third-order valence-electron chi connectivity index (χ3n) is 3.74. The van der Waals surface area contributed by atoms with Gasteiger partial charge in [-0.15, -0.1) is 10.2 Å². The van der Waals surface area contributed by atoms with E-state index in [-0.39, 0.29) is 18.1 Å². The average Bonchev–Trinajstić information content (AvgIpc) is 3.06. The molecule has 0 radical (unpaired) electrons. The predicted molar refractivity (Wildman–Crippen MR) is 109 cm³/mol. The van der Waals surface area contributed by atoms with Crippen LogP contribution in [0.3, 0.4) is 0 Å². The number of carbonyl (C=O) groups is 1. The van der Waals surface area contributed by atoms with E-state index in [9.17, 15) is 4.79 Å². The Bertz CT molecular complexity index is 979. The summed E-state index contributed by atoms with van der Waals surface area (Å²) in [5, 5.41) is 9.15. The number of ketones is 1. The van der Waals surface area contributed by atoms with E-state index in [1.807, 2.05) is 0 Å². The second-order valence-electron chi connectivity index (χ2n) is 5.57. The molecular formula is C18H16Cl2N4O3S. The number of benzene rings is 2. The molecule has 7 nitrogen and oxygen atoms in total. The maximum atomic E-state index is 12.3. The maximum absolute atomic E-state index is 12.3. The van der Waals surface area contributed by atoms with Gasteiger partial charge in [0.1, 0.15) is 18.1 Å². The highest BCUT2D eigenvalue weighted by molar-refractivity contribution is 7.99. The molecule has 0 bridgehead atoms. The number of halogens is 2. The third-order valence-corrected chi connectivity index (χ3v) is 5.42. The van der Waals surface area contributed by atoms with Gasteiger partial charge < -0.3 is 15.3 Å². The second kappa shape index (κ2) is 9.18. The molecule has 0 unspecified atom stereocenters. The number of nitrogen functional groups attached to an aromatic ring is 1. The lowest BCUT2D eigenvalue weighted by Gasteiger charge is -2.07. The van der Waals surface area contributed by atoms with Crippen molar-refractivity contribution in [1.82, 2.24) is 14.9 Å². The summed E-state index contributed by atoms with van der Waals surface area (Å²) in [6.07, 6.45) is 0. The summed E-state index contributed by atoms with van der Waals surface area (Å²) in [5.74, 6) is 7.82. The molecule has 1 heterocycles. The van der Waals surface area contributed by atoms with Crippen LogP contribution in [0.5, 0.6) is 11.5 Å². The van der Waals surface area contributed by atoms with Gasteiger partial charge in [-0.05, 0) is 42.5 Å². The van der Waals surface area contributed by atoms with Crippen LogP contribution in [0.25, 0.3) is 0 Å². The standard InChI is InChI=1S/C18H16Cl2N4O3S/c1-26-12-3-5-13(6-4-12)27-9-17-22-23-18(24(17)21)28-10-16(25)11-2-7-14(19)15(20)8-11/h2-8H,9-10,21H2,1H3. The van der Waals surface area contributed by atoms with Gasteiger partial charge in [0.2, 0.25) is 5.16 Å². The van der Waals surface area contributed by atoms with Crippen LogP contribution in [0, 0.1) is 0 Å². The Balaban J connectivity index is 1.57. The number of aromatic nitrogens is 3. The summed E-state index contributed by atoms with van der Waals surface area (Å²) in [6.45, 7) is 0.136. The monoisotopic (exact) mass is 438 g/mol. The molecule has 2 N–H and O–H groups in total. The Kier molecular flexibility index (Phi) is 6.66. The van der Waals surface area contributed by atoms with Gasteiger partial charge in [0.05, 0.1) is 22.9 Å². The zero-order valence-electron chi connectivity index (χ0n) is 14.8. The lowest BCUT2D eigenvalue weighted by Crippen LogP contribution is -2.16. The number of hydrogen-bond donors (Lipinski definition) is 1. The van der Waals surface area contributed by atoms with Crippen molar-refractivity contribution in [1.29, 1.82) is 0 Å². The first kappa shape index (κ1) is 20.3. The Morgan fingerprint density at radius 2 is 1.82 bits per heavy atom. The number of ether oxygens (including phenoxy) is 2. The number of nitrogens with two attached hydrogens (primary N) is 1. The van der Waals surface area contributed by atoms with Gasteiger partial charge in [-0.2, -0.15) is 0 Å². The largest absolute Gasteiger partial charge is 0.497 e. The maximum Gasteiger partial charge on any atom is 0.210 e. The van der Waals surface area contributed by atoms with Crippen molar-refractivity contribution in [2.75, 3.05) is 18.7 Å². The molecule has 0 spiro atoms. The van der Waals surface area contributed by atoms with Gasteiger partial charge in [-0.25, -0.2) is 4.68 Å². The molecule has 28 heavy (non-hydrogen) atoms. The van der Waals surface area contributed by atoms with Crippen LogP contribution in [-0.4, -0.2) is 33.5 Å². The Hall–Kier alpha value is -2.42. The highest BCUT2D eigenvalue weighted by Crippen LogP contribution is 2.24. The first-order valence-corrected chi connectivity index (χ1v) is 9.79. The van der Waals surface area contributed by atoms with Gasteiger partial charge in [0.25, 0.3) is 0 Å². The third kappa shape index (κ3) is 4.89. The van der Waals surface area contributed by atoms with Crippen molar-refractivity contribution in [2.45, 2.75) is 11.8 Å². The average molecular weight is 439 g/mol. The molecule has 0 aliphatic heterocycles. The zero-order chi connectivity index (χ0) is 20.1. The highest BCUT2D eigenvalue weighted by Gasteiger charge is 2.14. The number of thioether (sulfide) groups is 1. The van der Waals surface area contributed by atoms with Crippen LogP contribution in [0.15, 0.2) is 47.6 Å². The van der Waals surface area contributed by atoms with Gasteiger partial charge >= 0.3 is 0 Å². The molecule has 0 fully saturated rings. The van der Waals surface area contributed by atoms with E-state index in [0.717, 1.165) is 5.75 Å². The van der Waals surface area contributed by atoms with Crippen LogP contribution < -0.4 is 15.3 Å². The molecule has 10 heteroatoms. The number of hydrogen-bond acceptors (Lipinski definition) is 7. The van der Waals surface area contributed by atoms with E-state index in [4.69, 9.17) is 38.5 Å². The first-order valence-electron chi connectivity index (χ1n) is 8.05. The number of methoxy groups -OCH3 is 1. The smallest absolute Gasteiger partial charge is 0.210 e. The fourth-order valence-electron chi connectivity index (χ4n) is 2.21. The van der Waals surface area contributed by atoms with Crippen molar-refractivity contribution in [3.8, 4) is 11.5 Å². The molecule has 3 rings (SSSR count). The van der Waals surface area contributed by atoms with Crippen LogP contribution >= 0.6 is 35.0 Å². The fraction of sp³-hybridized carbons (Fsp3) is 0.167. The van der Waals surface area contributed by atoms with Crippen molar-refractivity contribution in [3.05, 3.63) is 63.9 Å². The van der Waals surface area contributed by atoms with Crippen LogP contribution in [0.4, 0.5) is 0 Å². The van der Waals surface area contributed by atoms with Gasteiger partial charge in [0.15, 0.2) is 11.6 Å². The number of Topliss-reactive ketones (excluding diaryl/α,β-unsaturated/α-hetero) is 1. The number of nitrogens with zero attached hydrogens (tertiary/aromatic N) is 3. The van der Waals surface area contributed by atoms with Crippen molar-refractivity contribution in [3.63, 3.8) is 0 Å². The van der Waals surface area contributed by atoms with E-state index >= 15 is 0 Å². The molecule has 0 amide bonds. The van der Waals surface area contributed by atoms with Crippen LogP contribution in [0.1, 0.15) is 16.2 Å². The molecular weight excluding hydrogens is 423 g/mol. The van der Waals surface area contributed by atoms with Crippen molar-refractivity contribution >= 4 is 40.7 Å². The SMILES string of the molecule is COc1ccc(OCc2nnc(SCC(=O)c3ccc(Cl)c(Cl)c3)n2N)cc1. The molecule has 0 aliphatic carbocycles. The van der Waals surface area contributed by atoms with Crippen molar-refractivity contribution < 1.29 is 14.3 Å². The summed E-state index contributed by atoms with van der Waals surface area (Å²) in [4.78, 5) is 12.3. The van der Waals surface area contributed by atoms with Gasteiger partial charge in [0, 0.05) is 5.56 Å². The number of carbonyl (C=O) groups excluding carboxylic acids is 1. The second-order valence-corrected chi connectivity index (χ2v) is 7.33. The molecule has 146 valence electrons. The number of rotatable bonds is 8. The highest BCUT2D eigenvalue weighted by atomic mass is 35.5. The summed E-state index contributed by atoms with van der Waals surface area (Å²) in [5.41, 5.74) is 0.466. The molecule has 0 saturated heterocycles. The van der Waals surface area contributed by atoms with Crippen molar-refractivity contribution in [2.24, 2.45) is 0 Å².